The standard InChI is InChI=1S/C22H24N4OS/c1-16-5-2-7-18(13-16)24-22-23-10-9-20(25-22)17-6-3-11-26(15-17)21(27)14-19-8-4-12-28-19/h2,4-5,7-10,12-13,17H,3,6,11,14-15H2,1H3,(H,23,24,25). The second-order valence-electron chi connectivity index (χ2n) is 7.23. The molecule has 3 heterocycles. The minimum Gasteiger partial charge on any atom is -0.342 e. The van der Waals surface area contributed by atoms with Gasteiger partial charge in [0.25, 0.3) is 0 Å². The van der Waals surface area contributed by atoms with E-state index in [4.69, 9.17) is 4.98 Å². The Morgan fingerprint density at radius 3 is 3.04 bits per heavy atom. The van der Waals surface area contributed by atoms with Crippen LogP contribution in [0.3, 0.4) is 0 Å². The lowest BCUT2D eigenvalue weighted by atomic mass is 9.94. The molecule has 1 aromatic carbocycles. The van der Waals surface area contributed by atoms with Gasteiger partial charge in [-0.3, -0.25) is 4.79 Å². The number of hydrogen-bond acceptors (Lipinski definition) is 5. The first-order valence-electron chi connectivity index (χ1n) is 9.64. The molecule has 144 valence electrons. The van der Waals surface area contributed by atoms with Crippen LogP contribution in [0.15, 0.2) is 54.0 Å². The van der Waals surface area contributed by atoms with Gasteiger partial charge in [0.1, 0.15) is 0 Å². The number of hydrogen-bond donors (Lipinski definition) is 1. The molecule has 0 radical (unpaired) electrons. The summed E-state index contributed by atoms with van der Waals surface area (Å²) in [5.41, 5.74) is 3.17. The van der Waals surface area contributed by atoms with Gasteiger partial charge in [0.2, 0.25) is 11.9 Å². The van der Waals surface area contributed by atoms with Gasteiger partial charge in [-0.15, -0.1) is 11.3 Å². The van der Waals surface area contributed by atoms with Gasteiger partial charge in [0.15, 0.2) is 0 Å². The summed E-state index contributed by atoms with van der Waals surface area (Å²) in [6.07, 6.45) is 4.34. The molecule has 3 aromatic rings. The number of thiophene rings is 1. The molecule has 1 amide bonds. The number of carbonyl (C=O) groups excluding carboxylic acids is 1. The highest BCUT2D eigenvalue weighted by Crippen LogP contribution is 2.27. The third kappa shape index (κ3) is 4.57. The molecule has 5 nitrogen and oxygen atoms in total. The Hall–Kier alpha value is -2.73. The molecule has 1 saturated heterocycles. The van der Waals surface area contributed by atoms with Crippen molar-refractivity contribution in [3.05, 3.63) is 70.2 Å². The zero-order valence-corrected chi connectivity index (χ0v) is 16.8. The average molecular weight is 393 g/mol. The number of amides is 1. The Bertz CT molecular complexity index is 941. The van der Waals surface area contributed by atoms with Crippen LogP contribution in [-0.2, 0) is 11.2 Å². The van der Waals surface area contributed by atoms with Crippen LogP contribution in [0.2, 0.25) is 0 Å². The van der Waals surface area contributed by atoms with E-state index in [-0.39, 0.29) is 11.8 Å². The second kappa shape index (κ2) is 8.52. The van der Waals surface area contributed by atoms with Crippen LogP contribution < -0.4 is 5.32 Å². The maximum Gasteiger partial charge on any atom is 0.227 e. The lowest BCUT2D eigenvalue weighted by molar-refractivity contribution is -0.131. The minimum absolute atomic E-state index is 0.208. The zero-order valence-electron chi connectivity index (χ0n) is 16.0. The Labute approximate surface area is 169 Å². The molecule has 0 aliphatic carbocycles. The third-order valence-electron chi connectivity index (χ3n) is 5.05. The summed E-state index contributed by atoms with van der Waals surface area (Å²) in [4.78, 5) is 24.9. The van der Waals surface area contributed by atoms with Gasteiger partial charge in [-0.05, 0) is 55.0 Å². The quantitative estimate of drug-likeness (QED) is 0.693. The topological polar surface area (TPSA) is 58.1 Å². The van der Waals surface area contributed by atoms with Crippen LogP contribution >= 0.6 is 11.3 Å². The summed E-state index contributed by atoms with van der Waals surface area (Å²) in [5.74, 6) is 1.06. The van der Waals surface area contributed by atoms with Crippen molar-refractivity contribution < 1.29 is 4.79 Å². The molecular weight excluding hydrogens is 368 g/mol. The Morgan fingerprint density at radius 1 is 1.29 bits per heavy atom. The van der Waals surface area contributed by atoms with Crippen LogP contribution in [0.4, 0.5) is 11.6 Å². The summed E-state index contributed by atoms with van der Waals surface area (Å²) in [6.45, 7) is 3.62. The van der Waals surface area contributed by atoms with E-state index in [1.807, 2.05) is 40.6 Å². The van der Waals surface area contributed by atoms with Crippen LogP contribution in [0.25, 0.3) is 0 Å². The number of anilines is 2. The van der Waals surface area contributed by atoms with Crippen molar-refractivity contribution in [2.24, 2.45) is 0 Å². The largest absolute Gasteiger partial charge is 0.342 e. The predicted octanol–water partition coefficient (Wildman–Crippen LogP) is 4.54. The SMILES string of the molecule is Cc1cccc(Nc2nccc(C3CCCN(C(=O)Cc4cccs4)C3)n2)c1. The molecule has 2 aromatic heterocycles. The molecule has 6 heteroatoms. The highest BCUT2D eigenvalue weighted by Gasteiger charge is 2.26. The maximum atomic E-state index is 12.7. The first-order chi connectivity index (χ1) is 13.7. The van der Waals surface area contributed by atoms with Gasteiger partial charge >= 0.3 is 0 Å². The second-order valence-corrected chi connectivity index (χ2v) is 8.27. The number of likely N-dealkylation sites (tertiary alicyclic amines) is 1. The Balaban J connectivity index is 1.44. The van der Waals surface area contributed by atoms with Gasteiger partial charge in [0.05, 0.1) is 12.1 Å². The van der Waals surface area contributed by atoms with E-state index in [1.165, 1.54) is 5.56 Å². The highest BCUT2D eigenvalue weighted by atomic mass is 32.1. The van der Waals surface area contributed by atoms with E-state index in [0.29, 0.717) is 12.4 Å². The summed E-state index contributed by atoms with van der Waals surface area (Å²) >= 11 is 1.64. The number of benzene rings is 1. The first kappa shape index (κ1) is 18.6. The number of aryl methyl sites for hydroxylation is 1. The van der Waals surface area contributed by atoms with Gasteiger partial charge in [-0.25, -0.2) is 9.97 Å². The molecule has 28 heavy (non-hydrogen) atoms. The number of nitrogens with zero attached hydrogens (tertiary/aromatic N) is 3. The fourth-order valence-electron chi connectivity index (χ4n) is 3.63. The van der Waals surface area contributed by atoms with Crippen LogP contribution in [0.1, 0.15) is 34.9 Å². The van der Waals surface area contributed by atoms with Crippen LogP contribution in [-0.4, -0.2) is 33.9 Å². The number of rotatable bonds is 5. The normalized spacial score (nSPS) is 16.8. The van der Waals surface area contributed by atoms with E-state index in [0.717, 1.165) is 42.2 Å². The predicted molar refractivity (Wildman–Crippen MR) is 113 cm³/mol. The van der Waals surface area contributed by atoms with E-state index < -0.39 is 0 Å². The van der Waals surface area contributed by atoms with Crippen molar-refractivity contribution in [2.75, 3.05) is 18.4 Å². The maximum absolute atomic E-state index is 12.7. The molecule has 1 atom stereocenters. The minimum atomic E-state index is 0.208. The lowest BCUT2D eigenvalue weighted by Crippen LogP contribution is -2.40. The van der Waals surface area contributed by atoms with Crippen molar-refractivity contribution in [2.45, 2.75) is 32.1 Å². The summed E-state index contributed by atoms with van der Waals surface area (Å²) < 4.78 is 0. The molecule has 1 N–H and O–H groups in total. The monoisotopic (exact) mass is 392 g/mol. The van der Waals surface area contributed by atoms with Crippen molar-refractivity contribution >= 4 is 28.9 Å². The van der Waals surface area contributed by atoms with Gasteiger partial charge in [-0.1, -0.05) is 18.2 Å². The van der Waals surface area contributed by atoms with Crippen molar-refractivity contribution in [3.63, 3.8) is 0 Å². The van der Waals surface area contributed by atoms with Crippen molar-refractivity contribution in [1.29, 1.82) is 0 Å². The number of piperidine rings is 1. The summed E-state index contributed by atoms with van der Waals surface area (Å²) in [7, 11) is 0. The number of nitrogens with one attached hydrogen (secondary N) is 1. The van der Waals surface area contributed by atoms with Crippen molar-refractivity contribution in [1.82, 2.24) is 14.9 Å². The van der Waals surface area contributed by atoms with E-state index in [2.05, 4.69) is 29.4 Å². The molecule has 1 unspecified atom stereocenters. The highest BCUT2D eigenvalue weighted by molar-refractivity contribution is 7.10. The molecule has 4 rings (SSSR count). The molecule has 1 aliphatic rings. The lowest BCUT2D eigenvalue weighted by Gasteiger charge is -2.32. The molecule has 1 aliphatic heterocycles. The van der Waals surface area contributed by atoms with Crippen LogP contribution in [0.5, 0.6) is 0 Å². The zero-order chi connectivity index (χ0) is 19.3. The molecule has 0 bridgehead atoms. The number of aromatic nitrogens is 2. The Kier molecular flexibility index (Phi) is 5.67. The smallest absolute Gasteiger partial charge is 0.227 e. The van der Waals surface area contributed by atoms with Gasteiger partial charge in [-0.2, -0.15) is 0 Å². The molecule has 0 saturated carbocycles. The fraction of sp³-hybridized carbons (Fsp3) is 0.318. The van der Waals surface area contributed by atoms with E-state index >= 15 is 0 Å². The Morgan fingerprint density at radius 2 is 2.21 bits per heavy atom. The molecule has 1 fully saturated rings. The van der Waals surface area contributed by atoms with Crippen LogP contribution in [0, 0.1) is 6.92 Å². The average Bonchev–Trinajstić information content (AvgIpc) is 3.21. The first-order valence-corrected chi connectivity index (χ1v) is 10.5. The van der Waals surface area contributed by atoms with Gasteiger partial charge < -0.3 is 10.2 Å². The number of carbonyl (C=O) groups is 1. The fourth-order valence-corrected chi connectivity index (χ4v) is 4.33. The third-order valence-corrected chi connectivity index (χ3v) is 5.93. The van der Waals surface area contributed by atoms with Gasteiger partial charge in [0, 0.05) is 35.8 Å². The van der Waals surface area contributed by atoms with E-state index in [9.17, 15) is 4.79 Å². The van der Waals surface area contributed by atoms with E-state index in [1.54, 1.807) is 17.5 Å². The summed E-state index contributed by atoms with van der Waals surface area (Å²) in [5, 5.41) is 5.31. The van der Waals surface area contributed by atoms with Crippen molar-refractivity contribution in [3.8, 4) is 0 Å². The summed E-state index contributed by atoms with van der Waals surface area (Å²) in [6, 6.07) is 14.1. The molecular formula is C22H24N4OS. The molecule has 0 spiro atoms.